The molecule has 5 nitrogen and oxygen atoms in total. The van der Waals surface area contributed by atoms with Crippen molar-refractivity contribution in [1.82, 2.24) is 0 Å². The predicted molar refractivity (Wildman–Crippen MR) is 71.7 cm³/mol. The van der Waals surface area contributed by atoms with Crippen LogP contribution in [-0.4, -0.2) is 33.2 Å². The summed E-state index contributed by atoms with van der Waals surface area (Å²) in [7, 11) is 3.99. The molecule has 20 heavy (non-hydrogen) atoms. The van der Waals surface area contributed by atoms with E-state index in [2.05, 4.69) is 9.47 Å². The smallest absolute Gasteiger partial charge is 0.354 e. The van der Waals surface area contributed by atoms with E-state index in [1.807, 2.05) is 0 Å². The first kappa shape index (κ1) is 15.7. The van der Waals surface area contributed by atoms with Gasteiger partial charge in [-0.2, -0.15) is 0 Å². The number of aryl methyl sites for hydroxylation is 1. The zero-order valence-corrected chi connectivity index (χ0v) is 11.8. The Bertz CT molecular complexity index is 554. The van der Waals surface area contributed by atoms with E-state index in [0.29, 0.717) is 11.3 Å². The molecule has 1 rings (SSSR count). The lowest BCUT2D eigenvalue weighted by molar-refractivity contribution is -0.138. The SMILES string of the molecule is COC(=O)/C=C(\C(=O)OC)N(C)c1ccc(F)cc1C. The molecule has 0 aliphatic heterocycles. The van der Waals surface area contributed by atoms with Gasteiger partial charge in [0.2, 0.25) is 0 Å². The van der Waals surface area contributed by atoms with Crippen molar-refractivity contribution in [2.45, 2.75) is 6.92 Å². The van der Waals surface area contributed by atoms with E-state index in [9.17, 15) is 14.0 Å². The number of nitrogens with zero attached hydrogens (tertiary/aromatic N) is 1. The number of likely N-dealkylation sites (N-methyl/N-ethyl adjacent to an activating group) is 1. The molecule has 0 aliphatic rings. The maximum Gasteiger partial charge on any atom is 0.354 e. The van der Waals surface area contributed by atoms with Crippen LogP contribution < -0.4 is 4.90 Å². The number of benzene rings is 1. The van der Waals surface area contributed by atoms with E-state index < -0.39 is 11.9 Å². The highest BCUT2D eigenvalue weighted by atomic mass is 19.1. The molecule has 0 aromatic heterocycles. The zero-order valence-electron chi connectivity index (χ0n) is 11.8. The van der Waals surface area contributed by atoms with E-state index in [-0.39, 0.29) is 11.5 Å². The molecular weight excluding hydrogens is 265 g/mol. The summed E-state index contributed by atoms with van der Waals surface area (Å²) < 4.78 is 22.2. The molecule has 0 fully saturated rings. The van der Waals surface area contributed by atoms with Gasteiger partial charge in [0.05, 0.1) is 20.3 Å². The summed E-state index contributed by atoms with van der Waals surface area (Å²) in [5, 5.41) is 0. The van der Waals surface area contributed by atoms with Crippen LogP contribution in [0.3, 0.4) is 0 Å². The maximum atomic E-state index is 13.1. The van der Waals surface area contributed by atoms with Crippen LogP contribution in [0.4, 0.5) is 10.1 Å². The van der Waals surface area contributed by atoms with Gasteiger partial charge in [-0.05, 0) is 30.7 Å². The third-order valence-electron chi connectivity index (χ3n) is 2.73. The van der Waals surface area contributed by atoms with Gasteiger partial charge in [0.25, 0.3) is 0 Å². The van der Waals surface area contributed by atoms with Crippen molar-refractivity contribution in [1.29, 1.82) is 0 Å². The van der Waals surface area contributed by atoms with Crippen molar-refractivity contribution >= 4 is 17.6 Å². The maximum absolute atomic E-state index is 13.1. The molecule has 0 radical (unpaired) electrons. The molecule has 1 aromatic rings. The van der Waals surface area contributed by atoms with Crippen LogP contribution in [0.2, 0.25) is 0 Å². The van der Waals surface area contributed by atoms with Crippen LogP contribution in [-0.2, 0) is 19.1 Å². The first-order valence-electron chi connectivity index (χ1n) is 5.78. The minimum Gasteiger partial charge on any atom is -0.466 e. The highest BCUT2D eigenvalue weighted by Gasteiger charge is 2.19. The Kier molecular flexibility index (Phi) is 5.25. The van der Waals surface area contributed by atoms with Gasteiger partial charge in [0.15, 0.2) is 0 Å². The number of anilines is 1. The molecule has 1 aromatic carbocycles. The number of carbonyl (C=O) groups is 2. The second kappa shape index (κ2) is 6.70. The van der Waals surface area contributed by atoms with Crippen molar-refractivity contribution in [3.05, 3.63) is 41.4 Å². The lowest BCUT2D eigenvalue weighted by atomic mass is 10.1. The van der Waals surface area contributed by atoms with Crippen LogP contribution in [0.5, 0.6) is 0 Å². The van der Waals surface area contributed by atoms with E-state index in [4.69, 9.17) is 0 Å². The summed E-state index contributed by atoms with van der Waals surface area (Å²) in [4.78, 5) is 24.5. The Morgan fingerprint density at radius 2 is 1.90 bits per heavy atom. The number of hydrogen-bond acceptors (Lipinski definition) is 5. The van der Waals surface area contributed by atoms with Crippen LogP contribution in [0, 0.1) is 12.7 Å². The van der Waals surface area contributed by atoms with Crippen molar-refractivity contribution in [3.8, 4) is 0 Å². The fourth-order valence-corrected chi connectivity index (χ4v) is 1.69. The summed E-state index contributed by atoms with van der Waals surface area (Å²) in [5.41, 5.74) is 1.19. The largest absolute Gasteiger partial charge is 0.466 e. The average molecular weight is 281 g/mol. The molecule has 0 saturated heterocycles. The van der Waals surface area contributed by atoms with Gasteiger partial charge in [-0.25, -0.2) is 14.0 Å². The van der Waals surface area contributed by atoms with Gasteiger partial charge >= 0.3 is 11.9 Å². The van der Waals surface area contributed by atoms with Crippen LogP contribution in [0.25, 0.3) is 0 Å². The summed E-state index contributed by atoms with van der Waals surface area (Å²) in [6.07, 6.45) is 1.02. The Morgan fingerprint density at radius 1 is 1.25 bits per heavy atom. The van der Waals surface area contributed by atoms with Crippen molar-refractivity contribution < 1.29 is 23.5 Å². The van der Waals surface area contributed by atoms with E-state index >= 15 is 0 Å². The highest BCUT2D eigenvalue weighted by molar-refractivity contribution is 5.99. The van der Waals surface area contributed by atoms with Gasteiger partial charge in [-0.1, -0.05) is 0 Å². The summed E-state index contributed by atoms with van der Waals surface area (Å²) >= 11 is 0. The molecule has 0 unspecified atom stereocenters. The second-order valence-electron chi connectivity index (χ2n) is 4.03. The quantitative estimate of drug-likeness (QED) is 0.622. The van der Waals surface area contributed by atoms with E-state index in [0.717, 1.165) is 6.08 Å². The summed E-state index contributed by atoms with van der Waals surface area (Å²) in [6, 6.07) is 4.11. The molecule has 6 heteroatoms. The van der Waals surface area contributed by atoms with E-state index in [1.54, 1.807) is 14.0 Å². The standard InChI is InChI=1S/C14H16FNO4/c1-9-7-10(15)5-6-11(9)16(2)12(14(18)20-4)8-13(17)19-3/h5-8H,1-4H3/b12-8+. The normalized spacial score (nSPS) is 10.9. The molecule has 0 amide bonds. The summed E-state index contributed by atoms with van der Waals surface area (Å²) in [6.45, 7) is 1.70. The topological polar surface area (TPSA) is 55.8 Å². The van der Waals surface area contributed by atoms with Gasteiger partial charge in [-0.3, -0.25) is 0 Å². The fraction of sp³-hybridized carbons (Fsp3) is 0.286. The number of ether oxygens (including phenoxy) is 2. The number of carbonyl (C=O) groups excluding carboxylic acids is 2. The Morgan fingerprint density at radius 3 is 2.40 bits per heavy atom. The molecule has 0 spiro atoms. The lowest BCUT2D eigenvalue weighted by Gasteiger charge is -2.22. The zero-order chi connectivity index (χ0) is 15.3. The Hall–Kier alpha value is -2.37. The number of hydrogen-bond donors (Lipinski definition) is 0. The minimum atomic E-state index is -0.693. The molecular formula is C14H16FNO4. The first-order valence-corrected chi connectivity index (χ1v) is 5.78. The monoisotopic (exact) mass is 281 g/mol. The first-order chi connectivity index (χ1) is 9.40. The Labute approximate surface area is 116 Å². The van der Waals surface area contributed by atoms with Crippen LogP contribution in [0.1, 0.15) is 5.56 Å². The van der Waals surface area contributed by atoms with Gasteiger partial charge in [0.1, 0.15) is 11.5 Å². The number of halogens is 1. The molecule has 0 aliphatic carbocycles. The molecule has 108 valence electrons. The van der Waals surface area contributed by atoms with Crippen molar-refractivity contribution in [2.24, 2.45) is 0 Å². The van der Waals surface area contributed by atoms with Crippen molar-refractivity contribution in [3.63, 3.8) is 0 Å². The van der Waals surface area contributed by atoms with Gasteiger partial charge in [0, 0.05) is 12.7 Å². The number of rotatable bonds is 4. The second-order valence-corrected chi connectivity index (χ2v) is 4.03. The molecule has 0 atom stereocenters. The van der Waals surface area contributed by atoms with Gasteiger partial charge in [-0.15, -0.1) is 0 Å². The molecule has 0 heterocycles. The molecule has 0 saturated carbocycles. The third kappa shape index (κ3) is 3.57. The molecule has 0 bridgehead atoms. The summed E-state index contributed by atoms with van der Waals surface area (Å²) in [5.74, 6) is -1.75. The predicted octanol–water partition coefficient (Wildman–Crippen LogP) is 1.80. The molecule has 0 N–H and O–H groups in total. The number of esters is 2. The highest BCUT2D eigenvalue weighted by Crippen LogP contribution is 2.23. The van der Waals surface area contributed by atoms with Crippen LogP contribution in [0.15, 0.2) is 30.0 Å². The van der Waals surface area contributed by atoms with Gasteiger partial charge < -0.3 is 14.4 Å². The van der Waals surface area contributed by atoms with E-state index in [1.165, 1.54) is 37.3 Å². The van der Waals surface area contributed by atoms with Crippen molar-refractivity contribution in [2.75, 3.05) is 26.2 Å². The number of methoxy groups -OCH3 is 2. The fourth-order valence-electron chi connectivity index (χ4n) is 1.69. The third-order valence-corrected chi connectivity index (χ3v) is 2.73. The van der Waals surface area contributed by atoms with Crippen LogP contribution >= 0.6 is 0 Å². The average Bonchev–Trinajstić information content (AvgIpc) is 2.42. The lowest BCUT2D eigenvalue weighted by Crippen LogP contribution is -2.26. The minimum absolute atomic E-state index is 0.00550. The Balaban J connectivity index is 3.23.